The lowest BCUT2D eigenvalue weighted by Crippen LogP contribution is -2.45. The molecule has 1 aliphatic heterocycles. The molecule has 0 fully saturated rings. The van der Waals surface area contributed by atoms with Gasteiger partial charge in [-0.1, -0.05) is 0 Å². The second-order valence-electron chi connectivity index (χ2n) is 5.20. The molecule has 116 valence electrons. The summed E-state index contributed by atoms with van der Waals surface area (Å²) in [4.78, 5) is 30.1. The van der Waals surface area contributed by atoms with E-state index >= 15 is 0 Å². The van der Waals surface area contributed by atoms with Crippen LogP contribution in [-0.2, 0) is 17.9 Å². The zero-order chi connectivity index (χ0) is 15.7. The predicted molar refractivity (Wildman–Crippen MR) is 83.6 cm³/mol. The van der Waals surface area contributed by atoms with Gasteiger partial charge in [-0.05, 0) is 18.4 Å². The molecule has 2 aromatic rings. The van der Waals surface area contributed by atoms with Gasteiger partial charge in [-0.15, -0.1) is 11.3 Å². The van der Waals surface area contributed by atoms with Crippen molar-refractivity contribution in [2.24, 2.45) is 5.73 Å². The number of imidazole rings is 1. The number of aromatic nitrogens is 2. The largest absolute Gasteiger partial charge is 0.366 e. The van der Waals surface area contributed by atoms with Gasteiger partial charge in [0.25, 0.3) is 5.91 Å². The first kappa shape index (κ1) is 14.7. The van der Waals surface area contributed by atoms with E-state index in [1.165, 1.54) is 11.3 Å². The molecular formula is C14H17N5O2S. The number of hydrogen-bond acceptors (Lipinski definition) is 5. The molecule has 3 heterocycles. The number of carbonyl (C=O) groups excluding carboxylic acids is 2. The summed E-state index contributed by atoms with van der Waals surface area (Å²) in [7, 11) is 0. The SMILES string of the molecule is CC(C(=O)Nc1sccc1C(N)=O)N1CCn2ccnc2C1. The molecule has 0 aromatic carbocycles. The maximum Gasteiger partial charge on any atom is 0.251 e. The van der Waals surface area contributed by atoms with Crippen LogP contribution in [0.2, 0.25) is 0 Å². The van der Waals surface area contributed by atoms with Gasteiger partial charge < -0.3 is 15.6 Å². The van der Waals surface area contributed by atoms with E-state index in [2.05, 4.69) is 19.8 Å². The minimum Gasteiger partial charge on any atom is -0.366 e. The van der Waals surface area contributed by atoms with E-state index in [4.69, 9.17) is 5.73 Å². The maximum absolute atomic E-state index is 12.4. The lowest BCUT2D eigenvalue weighted by atomic mass is 10.2. The van der Waals surface area contributed by atoms with E-state index in [1.54, 1.807) is 17.6 Å². The van der Waals surface area contributed by atoms with Crippen molar-refractivity contribution in [3.63, 3.8) is 0 Å². The van der Waals surface area contributed by atoms with Crippen LogP contribution in [0.1, 0.15) is 23.1 Å². The molecular weight excluding hydrogens is 302 g/mol. The van der Waals surface area contributed by atoms with Crippen molar-refractivity contribution in [3.8, 4) is 0 Å². The van der Waals surface area contributed by atoms with Crippen LogP contribution < -0.4 is 11.1 Å². The summed E-state index contributed by atoms with van der Waals surface area (Å²) < 4.78 is 2.09. The number of nitrogens with two attached hydrogens (primary N) is 1. The molecule has 1 unspecified atom stereocenters. The van der Waals surface area contributed by atoms with Gasteiger partial charge in [0.05, 0.1) is 18.2 Å². The molecule has 2 aromatic heterocycles. The average molecular weight is 319 g/mol. The van der Waals surface area contributed by atoms with Gasteiger partial charge in [-0.2, -0.15) is 0 Å². The fourth-order valence-corrected chi connectivity index (χ4v) is 3.30. The van der Waals surface area contributed by atoms with Gasteiger partial charge in [0, 0.05) is 25.5 Å². The Morgan fingerprint density at radius 3 is 3.05 bits per heavy atom. The molecule has 1 aliphatic rings. The van der Waals surface area contributed by atoms with E-state index in [9.17, 15) is 9.59 Å². The van der Waals surface area contributed by atoms with Crippen molar-refractivity contribution < 1.29 is 9.59 Å². The van der Waals surface area contributed by atoms with Gasteiger partial charge >= 0.3 is 0 Å². The second kappa shape index (κ2) is 5.90. The normalized spacial score (nSPS) is 16.0. The van der Waals surface area contributed by atoms with Crippen molar-refractivity contribution in [2.45, 2.75) is 26.1 Å². The van der Waals surface area contributed by atoms with E-state index in [-0.39, 0.29) is 11.9 Å². The first-order chi connectivity index (χ1) is 10.6. The monoisotopic (exact) mass is 319 g/mol. The number of hydrogen-bond donors (Lipinski definition) is 2. The molecule has 0 bridgehead atoms. The highest BCUT2D eigenvalue weighted by Crippen LogP contribution is 2.23. The highest BCUT2D eigenvalue weighted by atomic mass is 32.1. The Morgan fingerprint density at radius 1 is 1.45 bits per heavy atom. The summed E-state index contributed by atoms with van der Waals surface area (Å²) in [5, 5.41) is 5.03. The Hall–Kier alpha value is -2.19. The summed E-state index contributed by atoms with van der Waals surface area (Å²) in [5.74, 6) is 0.272. The summed E-state index contributed by atoms with van der Waals surface area (Å²) in [6, 6.07) is 1.30. The molecule has 0 saturated carbocycles. The Labute approximate surface area is 131 Å². The highest BCUT2D eigenvalue weighted by Gasteiger charge is 2.26. The number of nitrogens with zero attached hydrogens (tertiary/aromatic N) is 3. The number of primary amides is 1. The number of amides is 2. The van der Waals surface area contributed by atoms with E-state index in [0.717, 1.165) is 18.9 Å². The first-order valence-electron chi connectivity index (χ1n) is 6.98. The van der Waals surface area contributed by atoms with E-state index in [0.29, 0.717) is 17.1 Å². The second-order valence-corrected chi connectivity index (χ2v) is 6.12. The van der Waals surface area contributed by atoms with Crippen LogP contribution in [0.5, 0.6) is 0 Å². The molecule has 3 rings (SSSR count). The third kappa shape index (κ3) is 2.75. The molecule has 2 amide bonds. The van der Waals surface area contributed by atoms with Crippen LogP contribution in [0.25, 0.3) is 0 Å². The van der Waals surface area contributed by atoms with Crippen molar-refractivity contribution >= 4 is 28.2 Å². The van der Waals surface area contributed by atoms with Crippen LogP contribution in [0.15, 0.2) is 23.8 Å². The van der Waals surface area contributed by atoms with Crippen LogP contribution >= 0.6 is 11.3 Å². The molecule has 3 N–H and O–H groups in total. The molecule has 1 atom stereocenters. The lowest BCUT2D eigenvalue weighted by molar-refractivity contribution is -0.121. The molecule has 7 nitrogen and oxygen atoms in total. The fourth-order valence-electron chi connectivity index (χ4n) is 2.51. The van der Waals surface area contributed by atoms with Crippen molar-refractivity contribution in [3.05, 3.63) is 35.2 Å². The summed E-state index contributed by atoms with van der Waals surface area (Å²) in [5.41, 5.74) is 5.64. The first-order valence-corrected chi connectivity index (χ1v) is 7.86. The topological polar surface area (TPSA) is 93.2 Å². The zero-order valence-corrected chi connectivity index (χ0v) is 13.0. The highest BCUT2D eigenvalue weighted by molar-refractivity contribution is 7.14. The van der Waals surface area contributed by atoms with Crippen LogP contribution in [0.3, 0.4) is 0 Å². The molecule has 0 radical (unpaired) electrons. The smallest absolute Gasteiger partial charge is 0.251 e. The van der Waals surface area contributed by atoms with Gasteiger partial charge in [-0.3, -0.25) is 14.5 Å². The summed E-state index contributed by atoms with van der Waals surface area (Å²) in [6.45, 7) is 4.09. The van der Waals surface area contributed by atoms with Gasteiger partial charge in [0.2, 0.25) is 5.91 Å². The van der Waals surface area contributed by atoms with Gasteiger partial charge in [0.15, 0.2) is 0 Å². The summed E-state index contributed by atoms with van der Waals surface area (Å²) >= 11 is 1.29. The number of anilines is 1. The van der Waals surface area contributed by atoms with Crippen molar-refractivity contribution in [2.75, 3.05) is 11.9 Å². The van der Waals surface area contributed by atoms with Crippen molar-refractivity contribution in [1.82, 2.24) is 14.5 Å². The molecule has 8 heteroatoms. The van der Waals surface area contributed by atoms with Crippen LogP contribution in [-0.4, -0.2) is 38.9 Å². The Kier molecular flexibility index (Phi) is 3.95. The van der Waals surface area contributed by atoms with E-state index < -0.39 is 5.91 Å². The number of fused-ring (bicyclic) bond motifs is 1. The maximum atomic E-state index is 12.4. The lowest BCUT2D eigenvalue weighted by Gasteiger charge is -2.31. The molecule has 22 heavy (non-hydrogen) atoms. The zero-order valence-electron chi connectivity index (χ0n) is 12.2. The minimum atomic E-state index is -0.538. The average Bonchev–Trinajstić information content (AvgIpc) is 3.13. The molecule has 0 spiro atoms. The van der Waals surface area contributed by atoms with Gasteiger partial charge in [-0.25, -0.2) is 4.98 Å². The summed E-state index contributed by atoms with van der Waals surface area (Å²) in [6.07, 6.45) is 3.72. The van der Waals surface area contributed by atoms with Crippen LogP contribution in [0, 0.1) is 0 Å². The Bertz CT molecular complexity index is 708. The molecule has 0 aliphatic carbocycles. The predicted octanol–water partition coefficient (Wildman–Crippen LogP) is 0.886. The van der Waals surface area contributed by atoms with Crippen LogP contribution in [0.4, 0.5) is 5.00 Å². The third-order valence-electron chi connectivity index (χ3n) is 3.87. The minimum absolute atomic E-state index is 0.148. The fraction of sp³-hybridized carbons (Fsp3) is 0.357. The number of nitrogens with one attached hydrogen (secondary N) is 1. The quantitative estimate of drug-likeness (QED) is 0.875. The molecule has 0 saturated heterocycles. The number of thiophene rings is 1. The van der Waals surface area contributed by atoms with E-state index in [1.807, 2.05) is 13.1 Å². The van der Waals surface area contributed by atoms with Gasteiger partial charge in [0.1, 0.15) is 10.8 Å². The van der Waals surface area contributed by atoms with Crippen molar-refractivity contribution in [1.29, 1.82) is 0 Å². The Morgan fingerprint density at radius 2 is 2.27 bits per heavy atom. The number of carbonyl (C=O) groups is 2. The third-order valence-corrected chi connectivity index (χ3v) is 4.70. The Balaban J connectivity index is 1.68. The standard InChI is InChI=1S/C14H17N5O2S/c1-9(19-6-5-18-4-3-16-11(18)8-19)13(21)17-14-10(12(15)20)2-7-22-14/h2-4,7,9H,5-6,8H2,1H3,(H2,15,20)(H,17,21). The number of rotatable bonds is 4.